The predicted molar refractivity (Wildman–Crippen MR) is 79.9 cm³/mol. The highest BCUT2D eigenvalue weighted by molar-refractivity contribution is 6.03. The molecule has 1 aliphatic heterocycles. The molecule has 21 heavy (non-hydrogen) atoms. The van der Waals surface area contributed by atoms with E-state index >= 15 is 0 Å². The number of ether oxygens (including phenoxy) is 1. The number of nitrogens with zero attached hydrogens (tertiary/aromatic N) is 2. The number of likely N-dealkylation sites (N-methyl/N-ethyl adjacent to an activating group) is 1. The van der Waals surface area contributed by atoms with Crippen LogP contribution in [0, 0.1) is 13.8 Å². The number of aryl methyl sites for hydroxylation is 1. The zero-order valence-electron chi connectivity index (χ0n) is 13.2. The van der Waals surface area contributed by atoms with Gasteiger partial charge in [0.25, 0.3) is 0 Å². The maximum Gasteiger partial charge on any atom is 0.354 e. The molecule has 2 rings (SSSR count). The molecule has 1 aromatic rings. The van der Waals surface area contributed by atoms with Gasteiger partial charge in [0.15, 0.2) is 5.78 Å². The quantitative estimate of drug-likeness (QED) is 0.658. The second-order valence-corrected chi connectivity index (χ2v) is 5.62. The second kappa shape index (κ2) is 6.41. The SMILES string of the molecule is COC(=O)c1[nH]c(C)c(C(=O)CN2CCN(C)CC2)c1C. The first-order chi connectivity index (χ1) is 9.93. The van der Waals surface area contributed by atoms with Crippen LogP contribution in [0.2, 0.25) is 0 Å². The molecule has 1 fully saturated rings. The fraction of sp³-hybridized carbons (Fsp3) is 0.600. The van der Waals surface area contributed by atoms with Gasteiger partial charge in [0.05, 0.1) is 13.7 Å². The summed E-state index contributed by atoms with van der Waals surface area (Å²) in [5.41, 5.74) is 2.40. The maximum absolute atomic E-state index is 12.5. The van der Waals surface area contributed by atoms with Gasteiger partial charge in [-0.05, 0) is 26.5 Å². The maximum atomic E-state index is 12.5. The van der Waals surface area contributed by atoms with Gasteiger partial charge >= 0.3 is 5.97 Å². The lowest BCUT2D eigenvalue weighted by Gasteiger charge is -2.31. The molecule has 0 aromatic carbocycles. The second-order valence-electron chi connectivity index (χ2n) is 5.62. The number of nitrogens with one attached hydrogen (secondary N) is 1. The minimum absolute atomic E-state index is 0.0564. The largest absolute Gasteiger partial charge is 0.464 e. The van der Waals surface area contributed by atoms with Crippen LogP contribution in [0.3, 0.4) is 0 Å². The van der Waals surface area contributed by atoms with E-state index in [9.17, 15) is 9.59 Å². The van der Waals surface area contributed by atoms with Gasteiger partial charge in [-0.1, -0.05) is 0 Å². The number of carbonyl (C=O) groups is 2. The van der Waals surface area contributed by atoms with Crippen LogP contribution < -0.4 is 0 Å². The Kier molecular flexibility index (Phi) is 4.80. The molecule has 0 bridgehead atoms. The Hall–Kier alpha value is -1.66. The molecule has 1 saturated heterocycles. The van der Waals surface area contributed by atoms with Crippen LogP contribution in [0.15, 0.2) is 0 Å². The molecule has 1 N–H and O–H groups in total. The van der Waals surface area contributed by atoms with Crippen LogP contribution in [0.25, 0.3) is 0 Å². The predicted octanol–water partition coefficient (Wildman–Crippen LogP) is 0.848. The Morgan fingerprint density at radius 3 is 2.38 bits per heavy atom. The summed E-state index contributed by atoms with van der Waals surface area (Å²) in [5.74, 6) is -0.379. The number of Topliss-reactive ketones (excluding diaryl/α,β-unsaturated/α-hetero) is 1. The van der Waals surface area contributed by atoms with Crippen LogP contribution in [-0.4, -0.2) is 73.4 Å². The zero-order valence-corrected chi connectivity index (χ0v) is 13.2. The number of H-pyrrole nitrogens is 1. The highest BCUT2D eigenvalue weighted by Crippen LogP contribution is 2.19. The van der Waals surface area contributed by atoms with Crippen LogP contribution in [0.1, 0.15) is 32.1 Å². The third-order valence-electron chi connectivity index (χ3n) is 4.07. The molecular formula is C15H23N3O3. The van der Waals surface area contributed by atoms with Gasteiger partial charge < -0.3 is 14.6 Å². The summed E-state index contributed by atoms with van der Waals surface area (Å²) in [5, 5.41) is 0. The third kappa shape index (κ3) is 3.33. The summed E-state index contributed by atoms with van der Waals surface area (Å²) in [6, 6.07) is 0. The van der Waals surface area contributed by atoms with Crippen molar-refractivity contribution in [2.75, 3.05) is 46.9 Å². The summed E-state index contributed by atoms with van der Waals surface area (Å²) in [6.07, 6.45) is 0. The van der Waals surface area contributed by atoms with Crippen molar-refractivity contribution in [2.45, 2.75) is 13.8 Å². The Balaban J connectivity index is 2.12. The van der Waals surface area contributed by atoms with Gasteiger partial charge in [-0.3, -0.25) is 9.69 Å². The number of carbonyl (C=O) groups excluding carboxylic acids is 2. The molecule has 0 amide bonds. The monoisotopic (exact) mass is 293 g/mol. The number of rotatable bonds is 4. The highest BCUT2D eigenvalue weighted by atomic mass is 16.5. The Morgan fingerprint density at radius 1 is 1.19 bits per heavy atom. The molecule has 0 spiro atoms. The normalized spacial score (nSPS) is 17.0. The van der Waals surface area contributed by atoms with Crippen molar-refractivity contribution in [3.8, 4) is 0 Å². The molecule has 6 heteroatoms. The Morgan fingerprint density at radius 2 is 1.81 bits per heavy atom. The Labute approximate surface area is 125 Å². The van der Waals surface area contributed by atoms with E-state index in [1.54, 1.807) is 6.92 Å². The lowest BCUT2D eigenvalue weighted by atomic mass is 10.0. The van der Waals surface area contributed by atoms with Gasteiger partial charge in [-0.25, -0.2) is 4.79 Å². The van der Waals surface area contributed by atoms with E-state index in [2.05, 4.69) is 21.8 Å². The molecule has 116 valence electrons. The summed E-state index contributed by atoms with van der Waals surface area (Å²) in [4.78, 5) is 31.6. The summed E-state index contributed by atoms with van der Waals surface area (Å²) in [7, 11) is 3.42. The van der Waals surface area contributed by atoms with Crippen molar-refractivity contribution in [1.82, 2.24) is 14.8 Å². The first-order valence-corrected chi connectivity index (χ1v) is 7.15. The standard InChI is InChI=1S/C15H23N3O3/c1-10-13(11(2)16-14(10)15(20)21-4)12(19)9-18-7-5-17(3)6-8-18/h16H,5-9H2,1-4H3. The van der Waals surface area contributed by atoms with Crippen LogP contribution in [0.5, 0.6) is 0 Å². The van der Waals surface area contributed by atoms with Gasteiger partial charge in [0, 0.05) is 37.4 Å². The van der Waals surface area contributed by atoms with E-state index in [-0.39, 0.29) is 5.78 Å². The zero-order chi connectivity index (χ0) is 15.6. The number of aromatic amines is 1. The number of hydrogen-bond acceptors (Lipinski definition) is 5. The molecule has 6 nitrogen and oxygen atoms in total. The number of methoxy groups -OCH3 is 1. The van der Waals surface area contributed by atoms with Gasteiger partial charge in [-0.2, -0.15) is 0 Å². The van der Waals surface area contributed by atoms with Crippen molar-refractivity contribution in [3.63, 3.8) is 0 Å². The summed E-state index contributed by atoms with van der Waals surface area (Å²) < 4.78 is 4.73. The molecule has 1 aromatic heterocycles. The Bertz CT molecular complexity index is 543. The number of ketones is 1. The molecule has 0 radical (unpaired) electrons. The number of hydrogen-bond donors (Lipinski definition) is 1. The van der Waals surface area contributed by atoms with Crippen LogP contribution in [-0.2, 0) is 4.74 Å². The van der Waals surface area contributed by atoms with Crippen molar-refractivity contribution >= 4 is 11.8 Å². The summed E-state index contributed by atoms with van der Waals surface area (Å²) in [6.45, 7) is 7.75. The minimum atomic E-state index is -0.436. The highest BCUT2D eigenvalue weighted by Gasteiger charge is 2.24. The molecule has 0 saturated carbocycles. The molecule has 0 atom stereocenters. The van der Waals surface area contributed by atoms with E-state index in [4.69, 9.17) is 4.74 Å². The first-order valence-electron chi connectivity index (χ1n) is 7.15. The fourth-order valence-electron chi connectivity index (χ4n) is 2.76. The number of piperazine rings is 1. The molecule has 2 heterocycles. The topological polar surface area (TPSA) is 65.6 Å². The average Bonchev–Trinajstić information content (AvgIpc) is 2.75. The van der Waals surface area contributed by atoms with Gasteiger partial charge in [-0.15, -0.1) is 0 Å². The number of esters is 1. The average molecular weight is 293 g/mol. The first kappa shape index (κ1) is 15.7. The van der Waals surface area contributed by atoms with E-state index in [0.29, 0.717) is 23.4 Å². The molecular weight excluding hydrogens is 270 g/mol. The van der Waals surface area contributed by atoms with Gasteiger partial charge in [0.1, 0.15) is 5.69 Å². The van der Waals surface area contributed by atoms with Crippen LogP contribution in [0.4, 0.5) is 0 Å². The minimum Gasteiger partial charge on any atom is -0.464 e. The fourth-order valence-corrected chi connectivity index (χ4v) is 2.76. The van der Waals surface area contributed by atoms with Crippen molar-refractivity contribution in [1.29, 1.82) is 0 Å². The van der Waals surface area contributed by atoms with Crippen LogP contribution >= 0.6 is 0 Å². The van der Waals surface area contributed by atoms with Gasteiger partial charge in [0.2, 0.25) is 0 Å². The lowest BCUT2D eigenvalue weighted by molar-refractivity contribution is 0.0594. The third-order valence-corrected chi connectivity index (χ3v) is 4.07. The molecule has 0 unspecified atom stereocenters. The van der Waals surface area contributed by atoms with E-state index in [1.807, 2.05) is 6.92 Å². The molecule has 0 aliphatic carbocycles. The van der Waals surface area contributed by atoms with E-state index < -0.39 is 5.97 Å². The smallest absolute Gasteiger partial charge is 0.354 e. The summed E-state index contributed by atoms with van der Waals surface area (Å²) >= 11 is 0. The molecule has 1 aliphatic rings. The van der Waals surface area contributed by atoms with E-state index in [0.717, 1.165) is 31.9 Å². The van der Waals surface area contributed by atoms with Crippen molar-refractivity contribution in [3.05, 3.63) is 22.5 Å². The lowest BCUT2D eigenvalue weighted by Crippen LogP contribution is -2.46. The number of aromatic nitrogens is 1. The van der Waals surface area contributed by atoms with Crippen molar-refractivity contribution in [2.24, 2.45) is 0 Å². The van der Waals surface area contributed by atoms with E-state index in [1.165, 1.54) is 7.11 Å². The van der Waals surface area contributed by atoms with Crippen molar-refractivity contribution < 1.29 is 14.3 Å².